The van der Waals surface area contributed by atoms with Gasteiger partial charge in [0.1, 0.15) is 0 Å². The van der Waals surface area contributed by atoms with Gasteiger partial charge in [0.05, 0.1) is 13.1 Å². The highest BCUT2D eigenvalue weighted by molar-refractivity contribution is 9.10. The molecule has 3 amide bonds. The minimum absolute atomic E-state index is 0.0598. The van der Waals surface area contributed by atoms with Gasteiger partial charge in [0.25, 0.3) is 5.91 Å². The minimum atomic E-state index is -0.551. The molecule has 0 atom stereocenters. The predicted octanol–water partition coefficient (Wildman–Crippen LogP) is 2.59. The molecule has 0 fully saturated rings. The number of amides is 3. The third kappa shape index (κ3) is 6.01. The van der Waals surface area contributed by atoms with Crippen LogP contribution < -0.4 is 16.0 Å². The van der Waals surface area contributed by atoms with E-state index in [0.29, 0.717) is 11.4 Å². The van der Waals surface area contributed by atoms with E-state index in [1.165, 1.54) is 6.07 Å². The van der Waals surface area contributed by atoms with Crippen LogP contribution in [0.15, 0.2) is 69.7 Å². The molecular formula is C20H17BrN4O4. The maximum atomic E-state index is 12.1. The summed E-state index contributed by atoms with van der Waals surface area (Å²) < 4.78 is 6.05. The highest BCUT2D eigenvalue weighted by Crippen LogP contribution is 2.19. The number of hydrogen-bond donors (Lipinski definition) is 3. The van der Waals surface area contributed by atoms with E-state index in [2.05, 4.69) is 37.0 Å². The Balaban J connectivity index is 1.42. The maximum Gasteiger partial charge on any atom is 0.273 e. The van der Waals surface area contributed by atoms with Crippen molar-refractivity contribution in [2.75, 3.05) is 18.4 Å². The zero-order valence-corrected chi connectivity index (χ0v) is 16.7. The van der Waals surface area contributed by atoms with Crippen LogP contribution in [-0.2, 0) is 9.59 Å². The molecule has 29 heavy (non-hydrogen) atoms. The number of aromatic nitrogens is 1. The molecule has 148 valence electrons. The van der Waals surface area contributed by atoms with E-state index in [4.69, 9.17) is 4.52 Å². The summed E-state index contributed by atoms with van der Waals surface area (Å²) in [7, 11) is 0. The van der Waals surface area contributed by atoms with Crippen molar-refractivity contribution >= 4 is 39.3 Å². The molecule has 3 aromatic rings. The highest BCUT2D eigenvalue weighted by Gasteiger charge is 2.15. The fourth-order valence-electron chi connectivity index (χ4n) is 2.35. The number of hydrogen-bond acceptors (Lipinski definition) is 5. The second-order valence-corrected chi connectivity index (χ2v) is 6.87. The van der Waals surface area contributed by atoms with Gasteiger partial charge in [-0.05, 0) is 24.3 Å². The molecule has 1 aromatic heterocycles. The fraction of sp³-hybridized carbons (Fsp3) is 0.100. The largest absolute Gasteiger partial charge is 0.355 e. The second-order valence-electron chi connectivity index (χ2n) is 5.96. The summed E-state index contributed by atoms with van der Waals surface area (Å²) in [5, 5.41) is 11.2. The van der Waals surface area contributed by atoms with Crippen molar-refractivity contribution in [1.29, 1.82) is 0 Å². The van der Waals surface area contributed by atoms with Gasteiger partial charge in [0.15, 0.2) is 11.5 Å². The molecule has 0 bridgehead atoms. The standard InChI is InChI=1S/C20H17BrN4O4/c21-14-6-8-15(9-7-14)24-19(27)12-22-18(26)11-23-20(28)16-10-17(29-25-16)13-4-2-1-3-5-13/h1-10H,11-12H2,(H,22,26)(H,23,28)(H,24,27). The molecule has 0 aliphatic heterocycles. The third-order valence-corrected chi connectivity index (χ3v) is 4.31. The molecule has 0 aliphatic rings. The lowest BCUT2D eigenvalue weighted by Gasteiger charge is -2.07. The van der Waals surface area contributed by atoms with Gasteiger partial charge in [0, 0.05) is 21.8 Å². The van der Waals surface area contributed by atoms with Crippen LogP contribution >= 0.6 is 15.9 Å². The van der Waals surface area contributed by atoms with Crippen molar-refractivity contribution in [2.24, 2.45) is 0 Å². The first-order valence-electron chi connectivity index (χ1n) is 8.64. The third-order valence-electron chi connectivity index (χ3n) is 3.78. The summed E-state index contributed by atoms with van der Waals surface area (Å²) in [6.45, 7) is -0.509. The van der Waals surface area contributed by atoms with Crippen LogP contribution in [0.3, 0.4) is 0 Å². The first-order chi connectivity index (χ1) is 14.0. The van der Waals surface area contributed by atoms with Crippen LogP contribution in [0.25, 0.3) is 11.3 Å². The van der Waals surface area contributed by atoms with Crippen molar-refractivity contribution in [2.45, 2.75) is 0 Å². The number of rotatable bonds is 7. The van der Waals surface area contributed by atoms with Crippen molar-refractivity contribution in [1.82, 2.24) is 15.8 Å². The summed E-state index contributed by atoms with van der Waals surface area (Å²) in [6, 6.07) is 17.7. The second kappa shape index (κ2) is 9.65. The number of carbonyl (C=O) groups excluding carboxylic acids is 3. The Kier molecular flexibility index (Phi) is 6.75. The number of halogens is 1. The van der Waals surface area contributed by atoms with Crippen LogP contribution in [-0.4, -0.2) is 36.0 Å². The molecule has 2 aromatic carbocycles. The Morgan fingerprint density at radius 3 is 2.31 bits per heavy atom. The molecule has 0 aliphatic carbocycles. The minimum Gasteiger partial charge on any atom is -0.355 e. The Morgan fingerprint density at radius 2 is 1.59 bits per heavy atom. The van der Waals surface area contributed by atoms with E-state index in [9.17, 15) is 14.4 Å². The van der Waals surface area contributed by atoms with Gasteiger partial charge < -0.3 is 20.5 Å². The number of nitrogens with zero attached hydrogens (tertiary/aromatic N) is 1. The lowest BCUT2D eigenvalue weighted by atomic mass is 10.1. The first-order valence-corrected chi connectivity index (χ1v) is 9.43. The molecular weight excluding hydrogens is 440 g/mol. The average molecular weight is 457 g/mol. The Labute approximate surface area is 174 Å². The SMILES string of the molecule is O=C(CNC(=O)c1cc(-c2ccccc2)on1)NCC(=O)Nc1ccc(Br)cc1. The number of benzene rings is 2. The molecule has 9 heteroatoms. The fourth-order valence-corrected chi connectivity index (χ4v) is 2.62. The van der Waals surface area contributed by atoms with Crippen molar-refractivity contribution in [3.05, 3.63) is 70.8 Å². The van der Waals surface area contributed by atoms with Crippen LogP contribution in [0.1, 0.15) is 10.5 Å². The lowest BCUT2D eigenvalue weighted by Crippen LogP contribution is -2.40. The molecule has 0 radical (unpaired) electrons. The Morgan fingerprint density at radius 1 is 0.897 bits per heavy atom. The zero-order chi connectivity index (χ0) is 20.6. The molecule has 0 unspecified atom stereocenters. The van der Waals surface area contributed by atoms with Gasteiger partial charge in [-0.2, -0.15) is 0 Å². The highest BCUT2D eigenvalue weighted by atomic mass is 79.9. The summed E-state index contributed by atoms with van der Waals surface area (Å²) in [4.78, 5) is 35.8. The molecule has 8 nitrogen and oxygen atoms in total. The molecule has 0 saturated heterocycles. The summed E-state index contributed by atoms with van der Waals surface area (Å²) in [5.41, 5.74) is 1.46. The van der Waals surface area contributed by atoms with Gasteiger partial charge in [-0.3, -0.25) is 14.4 Å². The summed E-state index contributed by atoms with van der Waals surface area (Å²) >= 11 is 3.31. The molecule has 1 heterocycles. The molecule has 0 spiro atoms. The van der Waals surface area contributed by atoms with Crippen molar-refractivity contribution < 1.29 is 18.9 Å². The van der Waals surface area contributed by atoms with E-state index >= 15 is 0 Å². The monoisotopic (exact) mass is 456 g/mol. The molecule has 3 N–H and O–H groups in total. The smallest absolute Gasteiger partial charge is 0.273 e. The van der Waals surface area contributed by atoms with Gasteiger partial charge in [-0.1, -0.05) is 51.4 Å². The molecule has 0 saturated carbocycles. The van der Waals surface area contributed by atoms with E-state index in [1.807, 2.05) is 30.3 Å². The van der Waals surface area contributed by atoms with E-state index in [-0.39, 0.29) is 24.7 Å². The number of anilines is 1. The van der Waals surface area contributed by atoms with E-state index < -0.39 is 11.8 Å². The van der Waals surface area contributed by atoms with Gasteiger partial charge in [0.2, 0.25) is 11.8 Å². The summed E-state index contributed by atoms with van der Waals surface area (Å²) in [5.74, 6) is -0.984. The molecule has 3 rings (SSSR count). The van der Waals surface area contributed by atoms with Gasteiger partial charge in [-0.15, -0.1) is 0 Å². The van der Waals surface area contributed by atoms with Crippen LogP contribution in [0.2, 0.25) is 0 Å². The van der Waals surface area contributed by atoms with Crippen LogP contribution in [0, 0.1) is 0 Å². The zero-order valence-electron chi connectivity index (χ0n) is 15.1. The lowest BCUT2D eigenvalue weighted by molar-refractivity contribution is -0.123. The predicted molar refractivity (Wildman–Crippen MR) is 110 cm³/mol. The Hall–Kier alpha value is -3.46. The van der Waals surface area contributed by atoms with E-state index in [1.54, 1.807) is 24.3 Å². The van der Waals surface area contributed by atoms with Crippen molar-refractivity contribution in [3.8, 4) is 11.3 Å². The maximum absolute atomic E-state index is 12.1. The average Bonchev–Trinajstić information content (AvgIpc) is 3.23. The topological polar surface area (TPSA) is 113 Å². The summed E-state index contributed by atoms with van der Waals surface area (Å²) in [6.07, 6.45) is 0. The number of nitrogens with one attached hydrogen (secondary N) is 3. The Bertz CT molecular complexity index is 1000. The van der Waals surface area contributed by atoms with E-state index in [0.717, 1.165) is 10.0 Å². The first kappa shape index (κ1) is 20.3. The normalized spacial score (nSPS) is 10.2. The van der Waals surface area contributed by atoms with Gasteiger partial charge >= 0.3 is 0 Å². The van der Waals surface area contributed by atoms with Crippen molar-refractivity contribution in [3.63, 3.8) is 0 Å². The van der Waals surface area contributed by atoms with Gasteiger partial charge in [-0.25, -0.2) is 0 Å². The quantitative estimate of drug-likeness (QED) is 0.505. The number of carbonyl (C=O) groups is 3. The van der Waals surface area contributed by atoms with Crippen LogP contribution in [0.5, 0.6) is 0 Å². The van der Waals surface area contributed by atoms with Crippen LogP contribution in [0.4, 0.5) is 5.69 Å².